The molecule has 0 aliphatic carbocycles. The minimum atomic E-state index is 1.16. The summed E-state index contributed by atoms with van der Waals surface area (Å²) < 4.78 is 4.82. The minimum Gasteiger partial charge on any atom is -0.309 e. The second-order valence-corrected chi connectivity index (χ2v) is 15.8. The van der Waals surface area contributed by atoms with Crippen LogP contribution >= 0.6 is 0 Å². The van der Waals surface area contributed by atoms with Crippen molar-refractivity contribution in [3.63, 3.8) is 0 Å². The summed E-state index contributed by atoms with van der Waals surface area (Å²) >= 11 is 0. The second kappa shape index (κ2) is 13.9. The van der Waals surface area contributed by atoms with Crippen LogP contribution in [0.5, 0.6) is 0 Å². The van der Waals surface area contributed by atoms with E-state index in [2.05, 4.69) is 240 Å². The third-order valence-electron chi connectivity index (χ3n) is 12.3. The van der Waals surface area contributed by atoms with Crippen LogP contribution in [0.25, 0.3) is 110 Å². The summed E-state index contributed by atoms with van der Waals surface area (Å²) in [5.74, 6) is 0. The predicted octanol–water partition coefficient (Wildman–Crippen LogP) is 15.7. The van der Waals surface area contributed by atoms with Gasteiger partial charge in [-0.2, -0.15) is 0 Å². The Labute approximate surface area is 348 Å². The van der Waals surface area contributed by atoms with Gasteiger partial charge >= 0.3 is 0 Å². The molecule has 0 amide bonds. The second-order valence-electron chi connectivity index (χ2n) is 15.8. The van der Waals surface area contributed by atoms with E-state index in [1.54, 1.807) is 0 Å². The highest BCUT2D eigenvalue weighted by Crippen LogP contribution is 2.38. The first-order chi connectivity index (χ1) is 29.7. The molecular formula is C58H38N2. The molecule has 0 aliphatic heterocycles. The van der Waals surface area contributed by atoms with E-state index < -0.39 is 0 Å². The molecule has 2 nitrogen and oxygen atoms in total. The molecule has 0 fully saturated rings. The maximum atomic E-state index is 2.43. The van der Waals surface area contributed by atoms with Crippen molar-refractivity contribution in [3.05, 3.63) is 231 Å². The van der Waals surface area contributed by atoms with Crippen LogP contribution in [0, 0.1) is 0 Å². The Morgan fingerprint density at radius 3 is 1.30 bits per heavy atom. The highest BCUT2D eigenvalue weighted by Gasteiger charge is 2.16. The zero-order chi connectivity index (χ0) is 39.6. The van der Waals surface area contributed by atoms with Crippen LogP contribution in [0.15, 0.2) is 231 Å². The number of hydrogen-bond acceptors (Lipinski definition) is 0. The Bertz CT molecular complexity index is 3550. The van der Waals surface area contributed by atoms with Crippen LogP contribution in [0.4, 0.5) is 0 Å². The van der Waals surface area contributed by atoms with Gasteiger partial charge in [-0.25, -0.2) is 0 Å². The molecular weight excluding hydrogens is 725 g/mol. The van der Waals surface area contributed by atoms with Gasteiger partial charge in [-0.1, -0.05) is 170 Å². The Balaban J connectivity index is 0.900. The van der Waals surface area contributed by atoms with E-state index in [0.29, 0.717) is 0 Å². The number of benzene rings is 10. The quantitative estimate of drug-likeness (QED) is 0.160. The van der Waals surface area contributed by atoms with E-state index in [-0.39, 0.29) is 0 Å². The molecule has 2 heteroatoms. The fraction of sp³-hybridized carbons (Fsp3) is 0. The van der Waals surface area contributed by atoms with Crippen molar-refractivity contribution in [1.29, 1.82) is 0 Å². The van der Waals surface area contributed by atoms with Crippen molar-refractivity contribution in [2.45, 2.75) is 0 Å². The molecule has 0 saturated heterocycles. The normalized spacial score (nSPS) is 11.7. The van der Waals surface area contributed by atoms with Gasteiger partial charge in [-0.3, -0.25) is 0 Å². The molecule has 0 saturated carbocycles. The zero-order valence-corrected chi connectivity index (χ0v) is 32.8. The Morgan fingerprint density at radius 2 is 0.600 bits per heavy atom. The lowest BCUT2D eigenvalue weighted by molar-refractivity contribution is 1.18. The molecule has 0 unspecified atom stereocenters. The van der Waals surface area contributed by atoms with Crippen LogP contribution in [-0.2, 0) is 0 Å². The van der Waals surface area contributed by atoms with Gasteiger partial charge in [-0.15, -0.1) is 0 Å². The van der Waals surface area contributed by atoms with E-state index in [0.717, 1.165) is 11.4 Å². The summed E-state index contributed by atoms with van der Waals surface area (Å²) in [4.78, 5) is 0. The lowest BCUT2D eigenvalue weighted by Crippen LogP contribution is -1.94. The zero-order valence-electron chi connectivity index (χ0n) is 32.8. The van der Waals surface area contributed by atoms with E-state index in [1.807, 2.05) is 0 Å². The maximum absolute atomic E-state index is 2.43. The van der Waals surface area contributed by atoms with Gasteiger partial charge in [-0.05, 0) is 116 Å². The summed E-state index contributed by atoms with van der Waals surface area (Å²) in [5, 5.41) is 7.48. The summed E-state index contributed by atoms with van der Waals surface area (Å²) in [5.41, 5.74) is 16.9. The third-order valence-corrected chi connectivity index (χ3v) is 12.3. The van der Waals surface area contributed by atoms with Gasteiger partial charge in [0.1, 0.15) is 0 Å². The average molecular weight is 763 g/mol. The molecule has 280 valence electrons. The molecule has 0 atom stereocenters. The lowest BCUT2D eigenvalue weighted by Gasteiger charge is -2.12. The van der Waals surface area contributed by atoms with Gasteiger partial charge in [0.05, 0.1) is 22.1 Å². The van der Waals surface area contributed by atoms with E-state index in [4.69, 9.17) is 0 Å². The van der Waals surface area contributed by atoms with Crippen LogP contribution < -0.4 is 0 Å². The monoisotopic (exact) mass is 762 g/mol. The predicted molar refractivity (Wildman–Crippen MR) is 254 cm³/mol. The Kier molecular flexibility index (Phi) is 7.89. The Morgan fingerprint density at radius 1 is 0.200 bits per heavy atom. The van der Waals surface area contributed by atoms with Gasteiger partial charge in [0.25, 0.3) is 0 Å². The van der Waals surface area contributed by atoms with Crippen molar-refractivity contribution in [2.75, 3.05) is 0 Å². The molecule has 2 heterocycles. The molecule has 12 aromatic rings. The van der Waals surface area contributed by atoms with Crippen LogP contribution in [-0.4, -0.2) is 9.13 Å². The topological polar surface area (TPSA) is 9.86 Å². The van der Waals surface area contributed by atoms with Gasteiger partial charge in [0.15, 0.2) is 0 Å². The molecule has 60 heavy (non-hydrogen) atoms. The molecule has 0 spiro atoms. The Hall–Kier alpha value is -7.94. The molecule has 0 radical (unpaired) electrons. The number of fused-ring (bicyclic) bond motifs is 7. The number of para-hydroxylation sites is 2. The van der Waals surface area contributed by atoms with E-state index >= 15 is 0 Å². The highest BCUT2D eigenvalue weighted by molar-refractivity contribution is 6.12. The summed E-state index contributed by atoms with van der Waals surface area (Å²) in [6.07, 6.45) is 0. The molecule has 10 aromatic carbocycles. The maximum Gasteiger partial charge on any atom is 0.0547 e. The minimum absolute atomic E-state index is 1.16. The smallest absolute Gasteiger partial charge is 0.0547 e. The number of hydrogen-bond donors (Lipinski definition) is 0. The molecule has 0 bridgehead atoms. The van der Waals surface area contributed by atoms with Crippen molar-refractivity contribution >= 4 is 54.4 Å². The van der Waals surface area contributed by atoms with Crippen molar-refractivity contribution in [3.8, 4) is 55.9 Å². The SMILES string of the molecule is c1ccc(-c2ccc(-n3c4ccccc4c4cc(-c5ccc(-c6ccc7c8ccccc8n(-c8ccc9cc(-c%10ccccc%10)ccc9c8)c7c6)cc5)ccc43)cc2)cc1. The number of rotatable bonds is 6. The molecule has 12 rings (SSSR count). The average Bonchev–Trinajstić information content (AvgIpc) is 3.84. The molecule has 2 aromatic heterocycles. The fourth-order valence-electron chi connectivity index (χ4n) is 9.33. The highest BCUT2D eigenvalue weighted by atomic mass is 15.0. The lowest BCUT2D eigenvalue weighted by atomic mass is 9.98. The number of aromatic nitrogens is 2. The van der Waals surface area contributed by atoms with Gasteiger partial charge in [0, 0.05) is 32.9 Å². The third kappa shape index (κ3) is 5.65. The van der Waals surface area contributed by atoms with Crippen LogP contribution in [0.2, 0.25) is 0 Å². The molecule has 0 N–H and O–H groups in total. The van der Waals surface area contributed by atoms with Crippen LogP contribution in [0.3, 0.4) is 0 Å². The fourth-order valence-corrected chi connectivity index (χ4v) is 9.33. The van der Waals surface area contributed by atoms with Gasteiger partial charge in [0.2, 0.25) is 0 Å². The van der Waals surface area contributed by atoms with Crippen molar-refractivity contribution in [1.82, 2.24) is 9.13 Å². The van der Waals surface area contributed by atoms with Crippen molar-refractivity contribution in [2.24, 2.45) is 0 Å². The first-order valence-electron chi connectivity index (χ1n) is 20.7. The number of nitrogens with zero attached hydrogens (tertiary/aromatic N) is 2. The first-order valence-corrected chi connectivity index (χ1v) is 20.7. The first kappa shape index (κ1) is 34.1. The molecule has 0 aliphatic rings. The van der Waals surface area contributed by atoms with Crippen molar-refractivity contribution < 1.29 is 0 Å². The summed E-state index contributed by atoms with van der Waals surface area (Å²) in [6.45, 7) is 0. The summed E-state index contributed by atoms with van der Waals surface area (Å²) in [7, 11) is 0. The summed E-state index contributed by atoms with van der Waals surface area (Å²) in [6, 6.07) is 84.2. The standard InChI is InChI=1S/C58H38N2/c1-3-11-39(12-4-1)41-25-30-49(31-26-41)59-56-18-10-8-16-52(56)54-37-47(29-34-57(54)59)42-19-21-43(22-20-42)48-28-33-53-51-15-7-9-17-55(51)60(58(53)38-48)50-32-27-45-35-44(23-24-46(45)36-50)40-13-5-2-6-14-40/h1-38H. The van der Waals surface area contributed by atoms with E-state index in [9.17, 15) is 0 Å². The largest absolute Gasteiger partial charge is 0.309 e. The van der Waals surface area contributed by atoms with Crippen LogP contribution in [0.1, 0.15) is 0 Å². The van der Waals surface area contributed by atoms with Gasteiger partial charge < -0.3 is 9.13 Å². The van der Waals surface area contributed by atoms with E-state index in [1.165, 1.54) is 98.9 Å².